The summed E-state index contributed by atoms with van der Waals surface area (Å²) in [6.45, 7) is 0. The molecule has 0 saturated heterocycles. The molecule has 0 aliphatic carbocycles. The Bertz CT molecular complexity index is 976. The number of fused-ring (bicyclic) bond motifs is 1. The van der Waals surface area contributed by atoms with Crippen molar-refractivity contribution in [2.45, 2.75) is 6.42 Å². The van der Waals surface area contributed by atoms with Gasteiger partial charge in [-0.05, 0) is 41.5 Å². The highest BCUT2D eigenvalue weighted by Gasteiger charge is 2.06. The second-order valence-corrected chi connectivity index (χ2v) is 5.55. The lowest BCUT2D eigenvalue weighted by atomic mass is 10.1. The molecule has 24 heavy (non-hydrogen) atoms. The summed E-state index contributed by atoms with van der Waals surface area (Å²) >= 11 is 0. The maximum absolute atomic E-state index is 13.7. The summed E-state index contributed by atoms with van der Waals surface area (Å²) in [5, 5.41) is 4.10. The number of H-pyrrole nitrogens is 1. The van der Waals surface area contributed by atoms with E-state index in [1.54, 1.807) is 30.6 Å². The number of benzene rings is 1. The highest BCUT2D eigenvalue weighted by atomic mass is 19.1. The third-order valence-electron chi connectivity index (χ3n) is 3.89. The number of rotatable bonds is 4. The molecule has 0 spiro atoms. The number of pyridine rings is 2. The summed E-state index contributed by atoms with van der Waals surface area (Å²) < 4.78 is 13.7. The number of nitrogens with zero attached hydrogens (tertiary/aromatic N) is 2. The van der Waals surface area contributed by atoms with Crippen molar-refractivity contribution in [2.24, 2.45) is 0 Å². The Morgan fingerprint density at radius 2 is 1.92 bits per heavy atom. The smallest absolute Gasteiger partial charge is 0.146 e. The number of hydrogen-bond donors (Lipinski definition) is 2. The molecule has 0 fully saturated rings. The van der Waals surface area contributed by atoms with E-state index in [1.165, 1.54) is 11.6 Å². The van der Waals surface area contributed by atoms with Crippen LogP contribution < -0.4 is 5.32 Å². The van der Waals surface area contributed by atoms with Crippen molar-refractivity contribution in [3.05, 3.63) is 84.1 Å². The molecule has 0 unspecified atom stereocenters. The molecular weight excluding hydrogens is 303 g/mol. The minimum Gasteiger partial charge on any atom is -0.346 e. The van der Waals surface area contributed by atoms with Crippen molar-refractivity contribution in [2.75, 3.05) is 5.32 Å². The fourth-order valence-electron chi connectivity index (χ4n) is 2.68. The fourth-order valence-corrected chi connectivity index (χ4v) is 2.68. The Morgan fingerprint density at radius 1 is 1.00 bits per heavy atom. The van der Waals surface area contributed by atoms with Crippen LogP contribution >= 0.6 is 0 Å². The molecular formula is C19H15FN4. The predicted octanol–water partition coefficient (Wildman–Crippen LogP) is 4.43. The van der Waals surface area contributed by atoms with Crippen LogP contribution in [-0.2, 0) is 6.42 Å². The third kappa shape index (κ3) is 2.84. The van der Waals surface area contributed by atoms with Gasteiger partial charge in [0.2, 0.25) is 0 Å². The fraction of sp³-hybridized carbons (Fsp3) is 0.0526. The van der Waals surface area contributed by atoms with E-state index >= 15 is 0 Å². The van der Waals surface area contributed by atoms with E-state index in [-0.39, 0.29) is 5.82 Å². The maximum atomic E-state index is 13.7. The normalized spacial score (nSPS) is 10.9. The quantitative estimate of drug-likeness (QED) is 0.585. The van der Waals surface area contributed by atoms with Crippen LogP contribution in [0.5, 0.6) is 0 Å². The molecule has 0 amide bonds. The maximum Gasteiger partial charge on any atom is 0.146 e. The molecule has 0 radical (unpaired) electrons. The van der Waals surface area contributed by atoms with Gasteiger partial charge in [-0.1, -0.05) is 18.2 Å². The van der Waals surface area contributed by atoms with Gasteiger partial charge in [-0.2, -0.15) is 0 Å². The van der Waals surface area contributed by atoms with E-state index in [1.807, 2.05) is 24.4 Å². The lowest BCUT2D eigenvalue weighted by molar-refractivity contribution is 0.632. The Morgan fingerprint density at radius 3 is 2.75 bits per heavy atom. The minimum atomic E-state index is -0.297. The van der Waals surface area contributed by atoms with Crippen molar-refractivity contribution in [1.82, 2.24) is 15.0 Å². The van der Waals surface area contributed by atoms with Gasteiger partial charge in [0.25, 0.3) is 0 Å². The van der Waals surface area contributed by atoms with Gasteiger partial charge in [-0.25, -0.2) is 14.4 Å². The Labute approximate surface area is 138 Å². The third-order valence-corrected chi connectivity index (χ3v) is 3.89. The number of anilines is 2. The van der Waals surface area contributed by atoms with Gasteiger partial charge in [-0.3, -0.25) is 0 Å². The number of nitrogens with one attached hydrogen (secondary N) is 2. The zero-order chi connectivity index (χ0) is 16.4. The topological polar surface area (TPSA) is 53.6 Å². The van der Waals surface area contributed by atoms with E-state index in [2.05, 4.69) is 26.3 Å². The Hall–Kier alpha value is -3.21. The molecule has 0 atom stereocenters. The first-order chi connectivity index (χ1) is 11.8. The predicted molar refractivity (Wildman–Crippen MR) is 92.8 cm³/mol. The van der Waals surface area contributed by atoms with Gasteiger partial charge in [0.05, 0.1) is 5.69 Å². The van der Waals surface area contributed by atoms with Gasteiger partial charge in [0.1, 0.15) is 17.3 Å². The van der Waals surface area contributed by atoms with Crippen LogP contribution in [0.1, 0.15) is 11.1 Å². The monoisotopic (exact) mass is 318 g/mol. The number of para-hydroxylation sites is 1. The summed E-state index contributed by atoms with van der Waals surface area (Å²) in [5.41, 5.74) is 3.56. The molecule has 0 saturated carbocycles. The zero-order valence-corrected chi connectivity index (χ0v) is 12.8. The first kappa shape index (κ1) is 14.4. The lowest BCUT2D eigenvalue weighted by Gasteiger charge is -2.07. The number of aromatic nitrogens is 3. The molecule has 3 aromatic heterocycles. The van der Waals surface area contributed by atoms with Gasteiger partial charge in [0, 0.05) is 30.4 Å². The second-order valence-electron chi connectivity index (χ2n) is 5.55. The highest BCUT2D eigenvalue weighted by Crippen LogP contribution is 2.21. The molecule has 0 aliphatic heterocycles. The molecule has 1 aromatic carbocycles. The molecule has 0 bridgehead atoms. The summed E-state index contributed by atoms with van der Waals surface area (Å²) in [4.78, 5) is 11.8. The average molecular weight is 318 g/mol. The van der Waals surface area contributed by atoms with Gasteiger partial charge in [0.15, 0.2) is 0 Å². The van der Waals surface area contributed by atoms with E-state index < -0.39 is 0 Å². The molecule has 4 nitrogen and oxygen atoms in total. The van der Waals surface area contributed by atoms with Crippen LogP contribution in [0.4, 0.5) is 15.9 Å². The molecule has 118 valence electrons. The molecule has 0 aliphatic rings. The first-order valence-electron chi connectivity index (χ1n) is 7.67. The number of hydrogen-bond acceptors (Lipinski definition) is 3. The SMILES string of the molecule is Fc1ccccc1Nc1ccc(Cc2c[nH]c3ncccc23)cn1. The van der Waals surface area contributed by atoms with Crippen molar-refractivity contribution < 1.29 is 4.39 Å². The molecule has 2 N–H and O–H groups in total. The van der Waals surface area contributed by atoms with Crippen molar-refractivity contribution in [1.29, 1.82) is 0 Å². The number of halogens is 1. The van der Waals surface area contributed by atoms with Crippen molar-refractivity contribution >= 4 is 22.5 Å². The summed E-state index contributed by atoms with van der Waals surface area (Å²) in [7, 11) is 0. The molecule has 5 heteroatoms. The average Bonchev–Trinajstić information content (AvgIpc) is 3.02. The van der Waals surface area contributed by atoms with E-state index in [4.69, 9.17) is 0 Å². The van der Waals surface area contributed by atoms with Crippen molar-refractivity contribution in [3.8, 4) is 0 Å². The summed E-state index contributed by atoms with van der Waals surface area (Å²) in [5.74, 6) is 0.319. The zero-order valence-electron chi connectivity index (χ0n) is 12.8. The molecule has 4 rings (SSSR count). The Kier molecular flexibility index (Phi) is 3.67. The highest BCUT2D eigenvalue weighted by molar-refractivity contribution is 5.79. The molecule has 4 aromatic rings. The van der Waals surface area contributed by atoms with Gasteiger partial charge in [-0.15, -0.1) is 0 Å². The minimum absolute atomic E-state index is 0.297. The largest absolute Gasteiger partial charge is 0.346 e. The molecule has 3 heterocycles. The number of aromatic amines is 1. The Balaban J connectivity index is 1.53. The standard InChI is InChI=1S/C19H15FN4/c20-16-5-1-2-6-17(16)24-18-8-7-13(11-22-18)10-14-12-23-19-15(14)4-3-9-21-19/h1-9,11-12H,10H2,(H,21,23)(H,22,24). The van der Waals surface area contributed by atoms with Crippen LogP contribution in [0.3, 0.4) is 0 Å². The lowest BCUT2D eigenvalue weighted by Crippen LogP contribution is -1.97. The van der Waals surface area contributed by atoms with Crippen molar-refractivity contribution in [3.63, 3.8) is 0 Å². The van der Waals surface area contributed by atoms with E-state index in [9.17, 15) is 4.39 Å². The summed E-state index contributed by atoms with van der Waals surface area (Å²) in [6.07, 6.45) is 6.31. The van der Waals surface area contributed by atoms with Crippen LogP contribution in [0.15, 0.2) is 67.1 Å². The van der Waals surface area contributed by atoms with Crippen LogP contribution in [0.2, 0.25) is 0 Å². The van der Waals surface area contributed by atoms with E-state index in [0.717, 1.165) is 23.0 Å². The van der Waals surface area contributed by atoms with Gasteiger partial charge < -0.3 is 10.3 Å². The van der Waals surface area contributed by atoms with Crippen LogP contribution in [0, 0.1) is 5.82 Å². The summed E-state index contributed by atoms with van der Waals surface area (Å²) in [6, 6.07) is 14.4. The first-order valence-corrected chi connectivity index (χ1v) is 7.67. The van der Waals surface area contributed by atoms with Crippen LogP contribution in [0.25, 0.3) is 11.0 Å². The van der Waals surface area contributed by atoms with Gasteiger partial charge >= 0.3 is 0 Å². The van der Waals surface area contributed by atoms with E-state index in [0.29, 0.717) is 11.5 Å². The van der Waals surface area contributed by atoms with Crippen LogP contribution in [-0.4, -0.2) is 15.0 Å². The second kappa shape index (κ2) is 6.12.